The Bertz CT molecular complexity index is 346. The third-order valence-corrected chi connectivity index (χ3v) is 4.35. The van der Waals surface area contributed by atoms with Crippen molar-refractivity contribution in [2.24, 2.45) is 5.92 Å². The number of esters is 1. The molecule has 0 aromatic carbocycles. The number of nitrogens with one attached hydrogen (secondary N) is 1. The molecule has 4 heteroatoms. The Morgan fingerprint density at radius 2 is 2.47 bits per heavy atom. The van der Waals surface area contributed by atoms with Crippen molar-refractivity contribution in [2.75, 3.05) is 13.7 Å². The number of hydrogen-bond acceptors (Lipinski definition) is 4. The van der Waals surface area contributed by atoms with E-state index in [-0.39, 0.29) is 12.0 Å². The number of thiophene rings is 1. The summed E-state index contributed by atoms with van der Waals surface area (Å²) in [6.45, 7) is 1.01. The number of carbonyl (C=O) groups excluding carboxylic acids is 1. The lowest BCUT2D eigenvalue weighted by atomic mass is 9.85. The zero-order valence-electron chi connectivity index (χ0n) is 10.1. The molecule has 0 bridgehead atoms. The molecule has 0 amide bonds. The van der Waals surface area contributed by atoms with Crippen molar-refractivity contribution in [3.05, 3.63) is 22.4 Å². The average molecular weight is 253 g/mol. The van der Waals surface area contributed by atoms with Crippen molar-refractivity contribution in [1.82, 2.24) is 5.32 Å². The molecule has 1 N–H and O–H groups in total. The highest BCUT2D eigenvalue weighted by atomic mass is 32.1. The van der Waals surface area contributed by atoms with Gasteiger partial charge in [0.25, 0.3) is 0 Å². The van der Waals surface area contributed by atoms with E-state index < -0.39 is 0 Å². The van der Waals surface area contributed by atoms with Crippen LogP contribution in [0.3, 0.4) is 0 Å². The van der Waals surface area contributed by atoms with Crippen LogP contribution >= 0.6 is 11.3 Å². The molecule has 0 spiro atoms. The van der Waals surface area contributed by atoms with Crippen LogP contribution in [-0.2, 0) is 9.53 Å². The summed E-state index contributed by atoms with van der Waals surface area (Å²) in [5, 5.41) is 5.55. The van der Waals surface area contributed by atoms with Crippen molar-refractivity contribution in [2.45, 2.75) is 31.7 Å². The van der Waals surface area contributed by atoms with Gasteiger partial charge in [0.1, 0.15) is 0 Å². The smallest absolute Gasteiger partial charge is 0.307 e. The molecule has 1 aliphatic rings. The summed E-state index contributed by atoms with van der Waals surface area (Å²) in [6, 6.07) is 4.21. The molecule has 1 aliphatic carbocycles. The molecule has 0 aliphatic heterocycles. The fourth-order valence-corrected chi connectivity index (χ4v) is 2.82. The van der Waals surface area contributed by atoms with E-state index in [1.807, 2.05) is 11.4 Å². The van der Waals surface area contributed by atoms with Crippen LogP contribution in [0.5, 0.6) is 0 Å². The van der Waals surface area contributed by atoms with Crippen LogP contribution in [0, 0.1) is 5.92 Å². The maximum Gasteiger partial charge on any atom is 0.307 e. The lowest BCUT2D eigenvalue weighted by Crippen LogP contribution is -2.31. The summed E-state index contributed by atoms with van der Waals surface area (Å²) in [5.74, 6) is 0.652. The van der Waals surface area contributed by atoms with Crippen molar-refractivity contribution in [1.29, 1.82) is 0 Å². The van der Waals surface area contributed by atoms with Gasteiger partial charge in [-0.15, -0.1) is 11.3 Å². The molecular formula is C13H19NO2S. The normalized spacial score (nSPS) is 17.5. The fourth-order valence-electron chi connectivity index (χ4n) is 2.02. The SMILES string of the molecule is COC(=O)CC(NCC1CCC1)c1cccs1. The van der Waals surface area contributed by atoms with Crippen LogP contribution in [-0.4, -0.2) is 19.6 Å². The summed E-state index contributed by atoms with van der Waals surface area (Å²) in [5.41, 5.74) is 0. The molecule has 1 fully saturated rings. The van der Waals surface area contributed by atoms with E-state index in [0.29, 0.717) is 6.42 Å². The van der Waals surface area contributed by atoms with Gasteiger partial charge in [-0.25, -0.2) is 0 Å². The van der Waals surface area contributed by atoms with Crippen LogP contribution in [0.15, 0.2) is 17.5 Å². The fraction of sp³-hybridized carbons (Fsp3) is 0.615. The van der Waals surface area contributed by atoms with Crippen molar-refractivity contribution in [3.8, 4) is 0 Å². The van der Waals surface area contributed by atoms with Gasteiger partial charge >= 0.3 is 5.97 Å². The van der Waals surface area contributed by atoms with Gasteiger partial charge in [0.05, 0.1) is 19.6 Å². The highest BCUT2D eigenvalue weighted by Crippen LogP contribution is 2.28. The van der Waals surface area contributed by atoms with Gasteiger partial charge in [0, 0.05) is 4.88 Å². The van der Waals surface area contributed by atoms with Crippen LogP contribution in [0.4, 0.5) is 0 Å². The lowest BCUT2D eigenvalue weighted by molar-refractivity contribution is -0.141. The second-order valence-corrected chi connectivity index (χ2v) is 5.53. The number of rotatable bonds is 6. The van der Waals surface area contributed by atoms with E-state index in [0.717, 1.165) is 12.5 Å². The summed E-state index contributed by atoms with van der Waals surface area (Å²) < 4.78 is 4.75. The zero-order chi connectivity index (χ0) is 12.1. The molecule has 2 rings (SSSR count). The van der Waals surface area contributed by atoms with E-state index in [1.54, 1.807) is 11.3 Å². The molecule has 94 valence electrons. The van der Waals surface area contributed by atoms with Crippen molar-refractivity contribution >= 4 is 17.3 Å². The Labute approximate surface area is 106 Å². The Kier molecular flexibility index (Phi) is 4.57. The molecule has 1 aromatic rings. The highest BCUT2D eigenvalue weighted by Gasteiger charge is 2.21. The second kappa shape index (κ2) is 6.17. The number of ether oxygens (including phenoxy) is 1. The molecule has 1 saturated carbocycles. The molecule has 1 heterocycles. The van der Waals surface area contributed by atoms with Crippen LogP contribution in [0.25, 0.3) is 0 Å². The van der Waals surface area contributed by atoms with Crippen molar-refractivity contribution < 1.29 is 9.53 Å². The van der Waals surface area contributed by atoms with Gasteiger partial charge < -0.3 is 10.1 Å². The first-order chi connectivity index (χ1) is 8.29. The third-order valence-electron chi connectivity index (χ3n) is 3.36. The summed E-state index contributed by atoms with van der Waals surface area (Å²) in [4.78, 5) is 12.6. The third kappa shape index (κ3) is 3.54. The number of carbonyl (C=O) groups is 1. The number of hydrogen-bond donors (Lipinski definition) is 1. The van der Waals surface area contributed by atoms with E-state index in [4.69, 9.17) is 4.74 Å². The molecule has 1 unspecified atom stereocenters. The Morgan fingerprint density at radius 3 is 3.00 bits per heavy atom. The van der Waals surface area contributed by atoms with Crippen LogP contribution in [0.2, 0.25) is 0 Å². The molecule has 17 heavy (non-hydrogen) atoms. The zero-order valence-corrected chi connectivity index (χ0v) is 11.0. The first-order valence-electron chi connectivity index (χ1n) is 6.13. The molecule has 3 nitrogen and oxygen atoms in total. The van der Waals surface area contributed by atoms with Gasteiger partial charge in [-0.2, -0.15) is 0 Å². The largest absolute Gasteiger partial charge is 0.469 e. The maximum absolute atomic E-state index is 11.4. The molecule has 0 saturated heterocycles. The molecular weight excluding hydrogens is 234 g/mol. The Hall–Kier alpha value is -0.870. The predicted molar refractivity (Wildman–Crippen MR) is 69.0 cm³/mol. The topological polar surface area (TPSA) is 38.3 Å². The minimum atomic E-state index is -0.149. The monoisotopic (exact) mass is 253 g/mol. The predicted octanol–water partition coefficient (Wildman–Crippen LogP) is 2.74. The summed E-state index contributed by atoms with van der Waals surface area (Å²) in [6.07, 6.45) is 4.42. The standard InChI is InChI=1S/C13H19NO2S/c1-16-13(15)8-11(12-6-3-7-17-12)14-9-10-4-2-5-10/h3,6-7,10-11,14H,2,4-5,8-9H2,1H3. The average Bonchev–Trinajstić information content (AvgIpc) is 2.78. The first kappa shape index (κ1) is 12.6. The van der Waals surface area contributed by atoms with E-state index >= 15 is 0 Å². The minimum Gasteiger partial charge on any atom is -0.469 e. The van der Waals surface area contributed by atoms with Gasteiger partial charge in [0.15, 0.2) is 0 Å². The van der Waals surface area contributed by atoms with E-state index in [9.17, 15) is 4.79 Å². The van der Waals surface area contributed by atoms with Crippen molar-refractivity contribution in [3.63, 3.8) is 0 Å². The summed E-state index contributed by atoms with van der Waals surface area (Å²) in [7, 11) is 1.44. The molecule has 1 aromatic heterocycles. The quantitative estimate of drug-likeness (QED) is 0.792. The first-order valence-corrected chi connectivity index (χ1v) is 7.01. The van der Waals surface area contributed by atoms with Crippen LogP contribution in [0.1, 0.15) is 36.6 Å². The second-order valence-electron chi connectivity index (χ2n) is 4.55. The maximum atomic E-state index is 11.4. The minimum absolute atomic E-state index is 0.114. The van der Waals surface area contributed by atoms with E-state index in [2.05, 4.69) is 11.4 Å². The van der Waals surface area contributed by atoms with Gasteiger partial charge in [-0.05, 0) is 36.8 Å². The van der Waals surface area contributed by atoms with Gasteiger partial charge in [-0.1, -0.05) is 12.5 Å². The van der Waals surface area contributed by atoms with Gasteiger partial charge in [-0.3, -0.25) is 4.79 Å². The highest BCUT2D eigenvalue weighted by molar-refractivity contribution is 7.10. The summed E-state index contributed by atoms with van der Waals surface area (Å²) >= 11 is 1.69. The Balaban J connectivity index is 1.89. The van der Waals surface area contributed by atoms with E-state index in [1.165, 1.54) is 31.2 Å². The van der Waals surface area contributed by atoms with Crippen LogP contribution < -0.4 is 5.32 Å². The number of methoxy groups -OCH3 is 1. The Morgan fingerprint density at radius 1 is 1.65 bits per heavy atom. The molecule has 1 atom stereocenters. The lowest BCUT2D eigenvalue weighted by Gasteiger charge is -2.27. The van der Waals surface area contributed by atoms with Gasteiger partial charge in [0.2, 0.25) is 0 Å². The molecule has 0 radical (unpaired) electrons.